The van der Waals surface area contributed by atoms with Gasteiger partial charge in [0.15, 0.2) is 17.2 Å². The molecular weight excluding hydrogens is 308 g/mol. The molecule has 2 aromatic rings. The molecule has 1 amide bonds. The van der Waals surface area contributed by atoms with Crippen molar-refractivity contribution < 1.29 is 14.3 Å². The van der Waals surface area contributed by atoms with Gasteiger partial charge in [0.1, 0.15) is 5.69 Å². The summed E-state index contributed by atoms with van der Waals surface area (Å²) in [4.78, 5) is 11.4. The van der Waals surface area contributed by atoms with Crippen LogP contribution in [0.2, 0.25) is 5.02 Å². The van der Waals surface area contributed by atoms with Gasteiger partial charge >= 0.3 is 0 Å². The Morgan fingerprint density at radius 3 is 2.68 bits per heavy atom. The first-order valence-electron chi connectivity index (χ1n) is 6.78. The molecule has 0 aliphatic carbocycles. The molecule has 7 nitrogen and oxygen atoms in total. The normalized spacial score (nSPS) is 10.8. The molecule has 3 N–H and O–H groups in total. The van der Waals surface area contributed by atoms with Crippen molar-refractivity contribution in [1.82, 2.24) is 15.4 Å². The first-order chi connectivity index (χ1) is 10.4. The van der Waals surface area contributed by atoms with E-state index >= 15 is 0 Å². The third kappa shape index (κ3) is 3.30. The first kappa shape index (κ1) is 16.1. The predicted molar refractivity (Wildman–Crippen MR) is 82.3 cm³/mol. The summed E-state index contributed by atoms with van der Waals surface area (Å²) in [6, 6.07) is 3.29. The molecule has 1 heterocycles. The van der Waals surface area contributed by atoms with Gasteiger partial charge in [0.05, 0.1) is 17.7 Å². The van der Waals surface area contributed by atoms with Crippen LogP contribution in [-0.2, 0) is 0 Å². The molecule has 0 aliphatic rings. The fraction of sp³-hybridized carbons (Fsp3) is 0.357. The van der Waals surface area contributed by atoms with Crippen LogP contribution in [0.1, 0.15) is 31.3 Å². The lowest BCUT2D eigenvalue weighted by molar-refractivity contribution is 0.0996. The van der Waals surface area contributed by atoms with Gasteiger partial charge in [-0.2, -0.15) is 15.4 Å². The molecule has 0 bridgehead atoms. The number of rotatable bonds is 6. The molecule has 0 atom stereocenters. The summed E-state index contributed by atoms with van der Waals surface area (Å²) >= 11 is 6.28. The van der Waals surface area contributed by atoms with Crippen LogP contribution in [0.3, 0.4) is 0 Å². The van der Waals surface area contributed by atoms with E-state index in [0.717, 1.165) is 0 Å². The molecule has 118 valence electrons. The number of aromatic amines is 1. The molecule has 1 aromatic carbocycles. The van der Waals surface area contributed by atoms with Gasteiger partial charge in [0.2, 0.25) is 0 Å². The second-order valence-corrected chi connectivity index (χ2v) is 5.17. The lowest BCUT2D eigenvalue weighted by Crippen LogP contribution is -2.13. The minimum Gasteiger partial charge on any atom is -0.490 e. The number of carbonyl (C=O) groups is 1. The maximum atomic E-state index is 11.4. The van der Waals surface area contributed by atoms with Gasteiger partial charge in [0, 0.05) is 11.6 Å². The first-order valence-corrected chi connectivity index (χ1v) is 7.15. The smallest absolute Gasteiger partial charge is 0.271 e. The zero-order chi connectivity index (χ0) is 16.3. The van der Waals surface area contributed by atoms with Gasteiger partial charge in [0.25, 0.3) is 5.91 Å². The van der Waals surface area contributed by atoms with Gasteiger partial charge < -0.3 is 15.2 Å². The third-order valence-electron chi connectivity index (χ3n) is 2.73. The lowest BCUT2D eigenvalue weighted by atomic mass is 10.1. The van der Waals surface area contributed by atoms with Crippen LogP contribution < -0.4 is 15.2 Å². The van der Waals surface area contributed by atoms with Crippen LogP contribution in [0.5, 0.6) is 11.5 Å². The van der Waals surface area contributed by atoms with Crippen LogP contribution in [0.25, 0.3) is 11.3 Å². The van der Waals surface area contributed by atoms with Crippen molar-refractivity contribution >= 4 is 17.5 Å². The van der Waals surface area contributed by atoms with E-state index in [2.05, 4.69) is 15.4 Å². The Balaban J connectivity index is 2.55. The molecule has 0 unspecified atom stereocenters. The standard InChI is InChI=1S/C14H17ClN4O3/c1-4-21-10-5-8(9(15)6-11(10)22-7(2)3)12-13(14(16)20)18-19-17-12/h5-7H,4H2,1-3H3,(H2,16,20)(H,17,18,19). The molecule has 1 aromatic heterocycles. The van der Waals surface area contributed by atoms with Crippen molar-refractivity contribution in [2.24, 2.45) is 5.73 Å². The number of benzene rings is 1. The van der Waals surface area contributed by atoms with Crippen molar-refractivity contribution in [1.29, 1.82) is 0 Å². The number of nitrogens with zero attached hydrogens (tertiary/aromatic N) is 2. The second-order valence-electron chi connectivity index (χ2n) is 4.76. The van der Waals surface area contributed by atoms with E-state index < -0.39 is 5.91 Å². The number of ether oxygens (including phenoxy) is 2. The van der Waals surface area contributed by atoms with Crippen LogP contribution in [0, 0.1) is 0 Å². The molecule has 0 radical (unpaired) electrons. The number of H-pyrrole nitrogens is 1. The molecule has 0 spiro atoms. The number of primary amides is 1. The van der Waals surface area contributed by atoms with Crippen molar-refractivity contribution in [2.75, 3.05) is 6.61 Å². The number of nitrogens with one attached hydrogen (secondary N) is 1. The summed E-state index contributed by atoms with van der Waals surface area (Å²) in [7, 11) is 0. The summed E-state index contributed by atoms with van der Waals surface area (Å²) in [5.41, 5.74) is 6.06. The Morgan fingerprint density at radius 2 is 2.09 bits per heavy atom. The molecule has 0 saturated heterocycles. The Kier molecular flexibility index (Phi) is 4.87. The van der Waals surface area contributed by atoms with Crippen molar-refractivity contribution in [3.05, 3.63) is 22.8 Å². The average Bonchev–Trinajstić information content (AvgIpc) is 2.90. The average molecular weight is 325 g/mol. The van der Waals surface area contributed by atoms with E-state index in [1.54, 1.807) is 12.1 Å². The quantitative estimate of drug-likeness (QED) is 0.849. The molecule has 22 heavy (non-hydrogen) atoms. The minimum atomic E-state index is -0.694. The number of carbonyl (C=O) groups excluding carboxylic acids is 1. The number of halogens is 1. The van der Waals surface area contributed by atoms with Crippen LogP contribution >= 0.6 is 11.6 Å². The highest BCUT2D eigenvalue weighted by molar-refractivity contribution is 6.33. The highest BCUT2D eigenvalue weighted by atomic mass is 35.5. The Labute approximate surface area is 132 Å². The summed E-state index contributed by atoms with van der Waals surface area (Å²) < 4.78 is 11.3. The highest BCUT2D eigenvalue weighted by Crippen LogP contribution is 2.39. The van der Waals surface area contributed by atoms with Gasteiger partial charge in [-0.1, -0.05) is 11.6 Å². The topological polar surface area (TPSA) is 103 Å². The van der Waals surface area contributed by atoms with Gasteiger partial charge in [-0.25, -0.2) is 0 Å². The summed E-state index contributed by atoms with van der Waals surface area (Å²) in [6.45, 7) is 6.12. The van der Waals surface area contributed by atoms with E-state index in [1.165, 1.54) is 0 Å². The van der Waals surface area contributed by atoms with Crippen molar-refractivity contribution in [3.8, 4) is 22.8 Å². The van der Waals surface area contributed by atoms with Gasteiger partial charge in [-0.3, -0.25) is 4.79 Å². The van der Waals surface area contributed by atoms with Crippen LogP contribution in [0.4, 0.5) is 0 Å². The molecule has 0 fully saturated rings. The van der Waals surface area contributed by atoms with Crippen LogP contribution in [0.15, 0.2) is 12.1 Å². The number of hydrogen-bond donors (Lipinski definition) is 2. The molecule has 2 rings (SSSR count). The Morgan fingerprint density at radius 1 is 1.36 bits per heavy atom. The summed E-state index contributed by atoms with van der Waals surface area (Å²) in [6.07, 6.45) is -0.0330. The zero-order valence-corrected chi connectivity index (χ0v) is 13.3. The number of aromatic nitrogens is 3. The maximum absolute atomic E-state index is 11.4. The van der Waals surface area contributed by atoms with Crippen LogP contribution in [-0.4, -0.2) is 34.0 Å². The predicted octanol–water partition coefficient (Wildman–Crippen LogP) is 2.41. The fourth-order valence-electron chi connectivity index (χ4n) is 1.92. The summed E-state index contributed by atoms with van der Waals surface area (Å²) in [5.74, 6) is 0.337. The van der Waals surface area contributed by atoms with E-state index in [-0.39, 0.29) is 17.5 Å². The third-order valence-corrected chi connectivity index (χ3v) is 3.05. The van der Waals surface area contributed by atoms with E-state index in [4.69, 9.17) is 26.8 Å². The van der Waals surface area contributed by atoms with Crippen molar-refractivity contribution in [2.45, 2.75) is 26.9 Å². The number of hydrogen-bond acceptors (Lipinski definition) is 5. The van der Waals surface area contributed by atoms with E-state index in [0.29, 0.717) is 28.7 Å². The largest absolute Gasteiger partial charge is 0.490 e. The fourth-order valence-corrected chi connectivity index (χ4v) is 2.16. The van der Waals surface area contributed by atoms with Gasteiger partial charge in [-0.05, 0) is 26.8 Å². The minimum absolute atomic E-state index is 0.0156. The van der Waals surface area contributed by atoms with E-state index in [9.17, 15) is 4.79 Å². The monoisotopic (exact) mass is 324 g/mol. The molecule has 0 aliphatic heterocycles. The summed E-state index contributed by atoms with van der Waals surface area (Å²) in [5, 5.41) is 10.4. The number of nitrogens with two attached hydrogens (primary N) is 1. The molecule has 8 heteroatoms. The zero-order valence-electron chi connectivity index (χ0n) is 12.5. The van der Waals surface area contributed by atoms with Crippen molar-refractivity contribution in [3.63, 3.8) is 0 Å². The van der Waals surface area contributed by atoms with E-state index in [1.807, 2.05) is 20.8 Å². The Bertz CT molecular complexity index is 685. The highest BCUT2D eigenvalue weighted by Gasteiger charge is 2.20. The lowest BCUT2D eigenvalue weighted by Gasteiger charge is -2.16. The SMILES string of the molecule is CCOc1cc(-c2n[nH]nc2C(N)=O)c(Cl)cc1OC(C)C. The molecular formula is C14H17ClN4O3. The van der Waals surface area contributed by atoms with Gasteiger partial charge in [-0.15, -0.1) is 0 Å². The second kappa shape index (κ2) is 6.65. The molecule has 0 saturated carbocycles. The maximum Gasteiger partial charge on any atom is 0.271 e. The number of amides is 1. The Hall–Kier alpha value is -2.28.